The predicted octanol–water partition coefficient (Wildman–Crippen LogP) is 7.33. The smallest absolute Gasteiger partial charge is 0.0485 e. The van der Waals surface area contributed by atoms with Gasteiger partial charge in [-0.25, -0.2) is 0 Å². The number of hydrogen-bond acceptors (Lipinski definition) is 1. The number of fused-ring (bicyclic) bond motifs is 1. The van der Waals surface area contributed by atoms with Gasteiger partial charge in [0, 0.05) is 41.5 Å². The molecule has 28 heavy (non-hydrogen) atoms. The summed E-state index contributed by atoms with van der Waals surface area (Å²) in [4.78, 5) is 4.73. The van der Waals surface area contributed by atoms with E-state index in [1.54, 1.807) is 0 Å². The summed E-state index contributed by atoms with van der Waals surface area (Å²) in [6, 6.07) is 13.2. The van der Waals surface area contributed by atoms with Gasteiger partial charge in [-0.05, 0) is 48.6 Å². The van der Waals surface area contributed by atoms with Crippen LogP contribution in [0, 0.1) is 6.92 Å². The van der Waals surface area contributed by atoms with E-state index < -0.39 is 0 Å². The van der Waals surface area contributed by atoms with E-state index in [0.717, 1.165) is 36.2 Å². The zero-order chi connectivity index (χ0) is 19.9. The van der Waals surface area contributed by atoms with Gasteiger partial charge in [0.15, 0.2) is 0 Å². The van der Waals surface area contributed by atoms with E-state index in [2.05, 4.69) is 68.3 Å². The second kappa shape index (κ2) is 9.73. The normalized spacial score (nSPS) is 11.2. The zero-order valence-corrected chi connectivity index (χ0v) is 17.8. The summed E-state index contributed by atoms with van der Waals surface area (Å²) in [5, 5.41) is 1.37. The summed E-state index contributed by atoms with van der Waals surface area (Å²) in [5.41, 5.74) is 7.59. The predicted molar refractivity (Wildman–Crippen MR) is 122 cm³/mol. The molecule has 2 heterocycles. The van der Waals surface area contributed by atoms with E-state index in [1.165, 1.54) is 54.3 Å². The lowest BCUT2D eigenvalue weighted by atomic mass is 10.0. The van der Waals surface area contributed by atoms with E-state index in [4.69, 9.17) is 4.98 Å². The first-order chi connectivity index (χ1) is 13.7. The van der Waals surface area contributed by atoms with Crippen molar-refractivity contribution < 1.29 is 0 Å². The molecule has 0 bridgehead atoms. The van der Waals surface area contributed by atoms with Gasteiger partial charge in [0.2, 0.25) is 0 Å². The highest BCUT2D eigenvalue weighted by Gasteiger charge is 2.14. The molecule has 3 rings (SSSR count). The minimum atomic E-state index is 0.883. The average Bonchev–Trinajstić information content (AvgIpc) is 2.99. The quantitative estimate of drug-likeness (QED) is 0.340. The van der Waals surface area contributed by atoms with Crippen molar-refractivity contribution in [3.05, 3.63) is 71.7 Å². The first-order valence-electron chi connectivity index (χ1n) is 10.9. The van der Waals surface area contributed by atoms with Crippen molar-refractivity contribution in [1.82, 2.24) is 9.55 Å². The van der Waals surface area contributed by atoms with E-state index in [9.17, 15) is 0 Å². The van der Waals surface area contributed by atoms with E-state index in [1.807, 2.05) is 6.20 Å². The first kappa shape index (κ1) is 20.4. The summed E-state index contributed by atoms with van der Waals surface area (Å²) >= 11 is 0. The van der Waals surface area contributed by atoms with Crippen LogP contribution in [0.5, 0.6) is 0 Å². The molecule has 0 unspecified atom stereocenters. The Morgan fingerprint density at radius 1 is 1.00 bits per heavy atom. The Bertz CT molecular complexity index is 916. The van der Waals surface area contributed by atoms with E-state index >= 15 is 0 Å². The summed E-state index contributed by atoms with van der Waals surface area (Å²) in [5.74, 6) is 0. The maximum atomic E-state index is 4.73. The minimum Gasteiger partial charge on any atom is -0.345 e. The van der Waals surface area contributed by atoms with Gasteiger partial charge in [0.05, 0.1) is 0 Å². The average molecular weight is 375 g/mol. The fourth-order valence-electron chi connectivity index (χ4n) is 4.01. The Kier molecular flexibility index (Phi) is 7.08. The van der Waals surface area contributed by atoms with Crippen LogP contribution in [0.25, 0.3) is 16.5 Å². The second-order valence-electron chi connectivity index (χ2n) is 7.82. The fourth-order valence-corrected chi connectivity index (χ4v) is 4.01. The van der Waals surface area contributed by atoms with E-state index in [-0.39, 0.29) is 0 Å². The molecule has 0 radical (unpaired) electrons. The highest BCUT2D eigenvalue weighted by Crippen LogP contribution is 2.28. The molecule has 148 valence electrons. The molecule has 0 atom stereocenters. The molecule has 0 spiro atoms. The van der Waals surface area contributed by atoms with Crippen LogP contribution in [-0.4, -0.2) is 9.55 Å². The molecule has 1 aromatic carbocycles. The Balaban J connectivity index is 1.83. The number of pyridine rings is 1. The molecular formula is C26H34N2. The Morgan fingerprint density at radius 3 is 2.50 bits per heavy atom. The van der Waals surface area contributed by atoms with Crippen molar-refractivity contribution in [3.63, 3.8) is 0 Å². The minimum absolute atomic E-state index is 0.883. The molecular weight excluding hydrogens is 340 g/mol. The SMILES string of the molecule is C=C(CC)c1ccc(Cc2c(C)n(CCCCCCC)c3ccccc23)nc1. The number of aryl methyl sites for hydroxylation is 1. The van der Waals surface area contributed by atoms with Gasteiger partial charge in [-0.1, -0.05) is 70.4 Å². The number of para-hydroxylation sites is 1. The van der Waals surface area contributed by atoms with Crippen LogP contribution in [0.15, 0.2) is 49.2 Å². The Hall–Kier alpha value is -2.35. The number of unbranched alkanes of at least 4 members (excludes halogenated alkanes) is 4. The molecule has 2 aromatic heterocycles. The van der Waals surface area contributed by atoms with Crippen LogP contribution in [-0.2, 0) is 13.0 Å². The van der Waals surface area contributed by atoms with Gasteiger partial charge in [-0.3, -0.25) is 4.98 Å². The Labute approximate surface area is 170 Å². The van der Waals surface area contributed by atoms with Gasteiger partial charge in [-0.2, -0.15) is 0 Å². The number of nitrogens with zero attached hydrogens (tertiary/aromatic N) is 2. The molecule has 0 aliphatic carbocycles. The summed E-state index contributed by atoms with van der Waals surface area (Å²) < 4.78 is 2.52. The van der Waals surface area contributed by atoms with Crippen molar-refractivity contribution in [3.8, 4) is 0 Å². The molecule has 2 nitrogen and oxygen atoms in total. The highest BCUT2D eigenvalue weighted by atomic mass is 15.0. The standard InChI is InChI=1S/C26H34N2/c1-5-7-8-9-12-17-28-21(4)25(24-13-10-11-14-26(24)28)18-23-16-15-22(19-27-23)20(3)6-2/h10-11,13-16,19H,3,5-9,12,17-18H2,1-2,4H3. The van der Waals surface area contributed by atoms with Crippen molar-refractivity contribution in [2.24, 2.45) is 0 Å². The molecule has 0 aliphatic heterocycles. The van der Waals surface area contributed by atoms with Gasteiger partial charge in [0.25, 0.3) is 0 Å². The fraction of sp³-hybridized carbons (Fsp3) is 0.423. The first-order valence-corrected chi connectivity index (χ1v) is 10.9. The molecule has 0 amide bonds. The lowest BCUT2D eigenvalue weighted by Gasteiger charge is -2.09. The highest BCUT2D eigenvalue weighted by molar-refractivity contribution is 5.85. The molecule has 3 aromatic rings. The van der Waals surface area contributed by atoms with Gasteiger partial charge in [0.1, 0.15) is 0 Å². The number of rotatable bonds is 10. The lowest BCUT2D eigenvalue weighted by Crippen LogP contribution is -2.02. The van der Waals surface area contributed by atoms with Crippen molar-refractivity contribution in [2.75, 3.05) is 0 Å². The summed E-state index contributed by atoms with van der Waals surface area (Å²) in [6.45, 7) is 11.9. The maximum absolute atomic E-state index is 4.73. The largest absolute Gasteiger partial charge is 0.345 e. The van der Waals surface area contributed by atoms with Crippen LogP contribution in [0.3, 0.4) is 0 Å². The topological polar surface area (TPSA) is 17.8 Å². The molecule has 0 aliphatic rings. The van der Waals surface area contributed by atoms with Crippen molar-refractivity contribution >= 4 is 16.5 Å². The molecule has 2 heteroatoms. The number of hydrogen-bond donors (Lipinski definition) is 0. The van der Waals surface area contributed by atoms with Crippen molar-refractivity contribution in [2.45, 2.75) is 72.3 Å². The molecule has 0 saturated heterocycles. The van der Waals surface area contributed by atoms with Gasteiger partial charge in [-0.15, -0.1) is 0 Å². The second-order valence-corrected chi connectivity index (χ2v) is 7.82. The van der Waals surface area contributed by atoms with Crippen LogP contribution >= 0.6 is 0 Å². The maximum Gasteiger partial charge on any atom is 0.0485 e. The van der Waals surface area contributed by atoms with Crippen LogP contribution < -0.4 is 0 Å². The monoisotopic (exact) mass is 374 g/mol. The summed E-state index contributed by atoms with van der Waals surface area (Å²) in [6.07, 6.45) is 10.4. The number of benzene rings is 1. The van der Waals surface area contributed by atoms with Gasteiger partial charge >= 0.3 is 0 Å². The summed E-state index contributed by atoms with van der Waals surface area (Å²) in [7, 11) is 0. The lowest BCUT2D eigenvalue weighted by molar-refractivity contribution is 0.571. The number of allylic oxidation sites excluding steroid dienone is 1. The third-order valence-corrected chi connectivity index (χ3v) is 5.86. The Morgan fingerprint density at radius 2 is 1.79 bits per heavy atom. The van der Waals surface area contributed by atoms with Crippen LogP contribution in [0.1, 0.15) is 74.9 Å². The van der Waals surface area contributed by atoms with Crippen LogP contribution in [0.4, 0.5) is 0 Å². The van der Waals surface area contributed by atoms with E-state index in [0.29, 0.717) is 0 Å². The van der Waals surface area contributed by atoms with Crippen LogP contribution in [0.2, 0.25) is 0 Å². The third kappa shape index (κ3) is 4.55. The number of aromatic nitrogens is 2. The van der Waals surface area contributed by atoms with Crippen molar-refractivity contribution in [1.29, 1.82) is 0 Å². The van der Waals surface area contributed by atoms with Gasteiger partial charge < -0.3 is 4.57 Å². The third-order valence-electron chi connectivity index (χ3n) is 5.86. The molecule has 0 N–H and O–H groups in total. The molecule has 0 saturated carbocycles. The molecule has 0 fully saturated rings. The zero-order valence-electron chi connectivity index (χ0n) is 17.8.